The summed E-state index contributed by atoms with van der Waals surface area (Å²) in [5.74, 6) is 0.827. The van der Waals surface area contributed by atoms with E-state index < -0.39 is 5.54 Å². The normalized spacial score (nSPS) is 23.6. The minimum absolute atomic E-state index is 0.696. The van der Waals surface area contributed by atoms with Gasteiger partial charge in [-0.2, -0.15) is 5.26 Å². The Labute approximate surface area is 122 Å². The molecule has 1 heterocycles. The zero-order valence-electron chi connectivity index (χ0n) is 12.4. The molecule has 1 aromatic carbocycles. The topological polar surface area (TPSA) is 53.0 Å². The minimum atomic E-state index is -0.862. The van der Waals surface area contributed by atoms with Crippen molar-refractivity contribution >= 4 is 0 Å². The molecule has 3 heteroatoms. The van der Waals surface area contributed by atoms with E-state index in [0.29, 0.717) is 6.42 Å². The smallest absolute Gasteiger partial charge is 0.131 e. The fourth-order valence-corrected chi connectivity index (χ4v) is 2.88. The summed E-state index contributed by atoms with van der Waals surface area (Å²) in [6.07, 6.45) is 4.54. The van der Waals surface area contributed by atoms with Gasteiger partial charge in [-0.15, -0.1) is 0 Å². The molecule has 2 N–H and O–H groups in total. The Morgan fingerprint density at radius 2 is 2.05 bits per heavy atom. The molecule has 108 valence electrons. The molecule has 0 radical (unpaired) electrons. The number of nitriles is 1. The molecule has 0 amide bonds. The van der Waals surface area contributed by atoms with Gasteiger partial charge in [-0.1, -0.05) is 37.3 Å². The van der Waals surface area contributed by atoms with Crippen molar-refractivity contribution in [3.8, 4) is 6.07 Å². The lowest BCUT2D eigenvalue weighted by Gasteiger charge is -2.27. The lowest BCUT2D eigenvalue weighted by atomic mass is 9.89. The van der Waals surface area contributed by atoms with Crippen LogP contribution in [0.5, 0.6) is 0 Å². The summed E-state index contributed by atoms with van der Waals surface area (Å²) in [5.41, 5.74) is 6.37. The van der Waals surface area contributed by atoms with Crippen LogP contribution in [0.15, 0.2) is 30.3 Å². The van der Waals surface area contributed by atoms with Gasteiger partial charge in [0, 0.05) is 6.54 Å². The van der Waals surface area contributed by atoms with Gasteiger partial charge in [0.25, 0.3) is 0 Å². The molecule has 2 atom stereocenters. The molecule has 3 nitrogen and oxygen atoms in total. The Morgan fingerprint density at radius 3 is 2.75 bits per heavy atom. The van der Waals surface area contributed by atoms with Crippen molar-refractivity contribution in [2.75, 3.05) is 19.6 Å². The van der Waals surface area contributed by atoms with Gasteiger partial charge >= 0.3 is 0 Å². The van der Waals surface area contributed by atoms with Crippen LogP contribution in [-0.2, 0) is 5.54 Å². The van der Waals surface area contributed by atoms with Gasteiger partial charge in [-0.25, -0.2) is 0 Å². The third-order valence-corrected chi connectivity index (χ3v) is 4.42. The van der Waals surface area contributed by atoms with Crippen molar-refractivity contribution in [1.82, 2.24) is 4.90 Å². The third kappa shape index (κ3) is 3.82. The van der Waals surface area contributed by atoms with Crippen molar-refractivity contribution in [1.29, 1.82) is 5.26 Å². The van der Waals surface area contributed by atoms with Crippen LogP contribution < -0.4 is 5.73 Å². The van der Waals surface area contributed by atoms with Crippen LogP contribution in [0.25, 0.3) is 0 Å². The number of nitrogens with two attached hydrogens (primary N) is 1. The average Bonchev–Trinajstić information content (AvgIpc) is 2.70. The monoisotopic (exact) mass is 271 g/mol. The number of hydrogen-bond acceptors (Lipinski definition) is 3. The summed E-state index contributed by atoms with van der Waals surface area (Å²) in [6.45, 7) is 5.51. The number of hydrogen-bond donors (Lipinski definition) is 1. The van der Waals surface area contributed by atoms with Gasteiger partial charge in [0.2, 0.25) is 0 Å². The fourth-order valence-electron chi connectivity index (χ4n) is 2.88. The number of likely N-dealkylation sites (tertiary alicyclic amines) is 1. The summed E-state index contributed by atoms with van der Waals surface area (Å²) in [7, 11) is 0. The van der Waals surface area contributed by atoms with Crippen LogP contribution in [-0.4, -0.2) is 24.5 Å². The van der Waals surface area contributed by atoms with Gasteiger partial charge in [-0.3, -0.25) is 0 Å². The molecule has 1 aromatic rings. The number of rotatable bonds is 4. The second kappa shape index (κ2) is 6.88. The lowest BCUT2D eigenvalue weighted by Crippen LogP contribution is -2.39. The van der Waals surface area contributed by atoms with E-state index in [1.807, 2.05) is 30.3 Å². The molecule has 0 aromatic heterocycles. The molecule has 1 aliphatic rings. The van der Waals surface area contributed by atoms with E-state index in [1.165, 1.54) is 19.3 Å². The predicted molar refractivity (Wildman–Crippen MR) is 82.0 cm³/mol. The third-order valence-electron chi connectivity index (χ3n) is 4.42. The molecule has 0 aliphatic carbocycles. The summed E-state index contributed by atoms with van der Waals surface area (Å²) < 4.78 is 0. The first-order chi connectivity index (χ1) is 9.64. The fraction of sp³-hybridized carbons (Fsp3) is 0.588. The predicted octanol–water partition coefficient (Wildman–Crippen LogP) is 2.88. The first-order valence-corrected chi connectivity index (χ1v) is 7.62. The van der Waals surface area contributed by atoms with Crippen LogP contribution in [0.2, 0.25) is 0 Å². The van der Waals surface area contributed by atoms with Gasteiger partial charge < -0.3 is 10.6 Å². The molecule has 0 spiro atoms. The quantitative estimate of drug-likeness (QED) is 0.916. The Morgan fingerprint density at radius 1 is 1.30 bits per heavy atom. The van der Waals surface area contributed by atoms with E-state index in [9.17, 15) is 5.26 Å². The van der Waals surface area contributed by atoms with Gasteiger partial charge in [0.15, 0.2) is 0 Å². The molecule has 1 fully saturated rings. The Bertz CT molecular complexity index is 451. The summed E-state index contributed by atoms with van der Waals surface area (Å²) in [5, 5.41) is 9.47. The molecule has 2 rings (SSSR count). The zero-order chi connectivity index (χ0) is 14.4. The standard InChI is InChI=1S/C17H25N3/c1-15-6-5-11-20(12-9-15)13-10-17(19,14-18)16-7-3-2-4-8-16/h2-4,7-8,15H,5-6,9-13,19H2,1H3. The van der Waals surface area contributed by atoms with Crippen LogP contribution in [0.1, 0.15) is 38.2 Å². The first kappa shape index (κ1) is 15.0. The summed E-state index contributed by atoms with van der Waals surface area (Å²) in [4.78, 5) is 2.46. The number of nitrogens with zero attached hydrogens (tertiary/aromatic N) is 2. The van der Waals surface area contributed by atoms with Crippen LogP contribution >= 0.6 is 0 Å². The van der Waals surface area contributed by atoms with Gasteiger partial charge in [0.05, 0.1) is 6.07 Å². The van der Waals surface area contributed by atoms with Crippen LogP contribution in [0.3, 0.4) is 0 Å². The maximum absolute atomic E-state index is 9.47. The van der Waals surface area contributed by atoms with E-state index >= 15 is 0 Å². The van der Waals surface area contributed by atoms with Crippen molar-refractivity contribution in [2.24, 2.45) is 11.7 Å². The highest BCUT2D eigenvalue weighted by atomic mass is 15.1. The van der Waals surface area contributed by atoms with Crippen LogP contribution in [0.4, 0.5) is 0 Å². The highest BCUT2D eigenvalue weighted by Gasteiger charge is 2.27. The van der Waals surface area contributed by atoms with Crippen molar-refractivity contribution in [3.05, 3.63) is 35.9 Å². The molecular formula is C17H25N3. The second-order valence-corrected chi connectivity index (χ2v) is 6.08. The summed E-state index contributed by atoms with van der Waals surface area (Å²) >= 11 is 0. The average molecular weight is 271 g/mol. The highest BCUT2D eigenvalue weighted by molar-refractivity contribution is 5.30. The van der Waals surface area contributed by atoms with E-state index in [4.69, 9.17) is 5.73 Å². The SMILES string of the molecule is CC1CCCN(CCC(N)(C#N)c2ccccc2)CC1. The second-order valence-electron chi connectivity index (χ2n) is 6.08. The van der Waals surface area contributed by atoms with E-state index in [-0.39, 0.29) is 0 Å². The van der Waals surface area contributed by atoms with Crippen molar-refractivity contribution in [3.63, 3.8) is 0 Å². The minimum Gasteiger partial charge on any atom is -0.310 e. The molecule has 0 saturated carbocycles. The summed E-state index contributed by atoms with van der Waals surface area (Å²) in [6, 6.07) is 12.1. The zero-order valence-corrected chi connectivity index (χ0v) is 12.4. The van der Waals surface area contributed by atoms with E-state index in [0.717, 1.165) is 31.1 Å². The van der Waals surface area contributed by atoms with E-state index in [2.05, 4.69) is 17.9 Å². The maximum atomic E-state index is 9.47. The lowest BCUT2D eigenvalue weighted by molar-refractivity contribution is 0.259. The molecule has 2 unspecified atom stereocenters. The molecule has 0 bridgehead atoms. The van der Waals surface area contributed by atoms with Crippen LogP contribution in [0, 0.1) is 17.2 Å². The Balaban J connectivity index is 1.96. The van der Waals surface area contributed by atoms with Crippen molar-refractivity contribution < 1.29 is 0 Å². The largest absolute Gasteiger partial charge is 0.310 e. The maximum Gasteiger partial charge on any atom is 0.131 e. The Kier molecular flexibility index (Phi) is 5.17. The molecule has 20 heavy (non-hydrogen) atoms. The first-order valence-electron chi connectivity index (χ1n) is 7.62. The highest BCUT2D eigenvalue weighted by Crippen LogP contribution is 2.23. The Hall–Kier alpha value is -1.37. The number of benzene rings is 1. The molecule has 1 saturated heterocycles. The molecule has 1 aliphatic heterocycles. The van der Waals surface area contributed by atoms with Gasteiger partial charge in [0.1, 0.15) is 5.54 Å². The van der Waals surface area contributed by atoms with E-state index in [1.54, 1.807) is 0 Å². The molecular weight excluding hydrogens is 246 g/mol. The van der Waals surface area contributed by atoms with Gasteiger partial charge in [-0.05, 0) is 50.3 Å². The van der Waals surface area contributed by atoms with Crippen molar-refractivity contribution in [2.45, 2.75) is 38.1 Å².